The summed E-state index contributed by atoms with van der Waals surface area (Å²) >= 11 is 0. The Kier molecular flexibility index (Phi) is 11.8. The normalized spacial score (nSPS) is 27.2. The van der Waals surface area contributed by atoms with Crippen molar-refractivity contribution in [1.82, 2.24) is 0 Å². The topological polar surface area (TPSA) is 0 Å². The van der Waals surface area contributed by atoms with Crippen LogP contribution in [-0.4, -0.2) is 0 Å². The molecule has 5 unspecified atom stereocenters. The molecule has 3 aliphatic carbocycles. The first kappa shape index (κ1) is 29.5. The molecule has 0 saturated heterocycles. The molecule has 0 spiro atoms. The van der Waals surface area contributed by atoms with E-state index in [2.05, 4.69) is 93.1 Å². The van der Waals surface area contributed by atoms with E-state index >= 15 is 0 Å². The molecule has 32 heavy (non-hydrogen) atoms. The number of halogens is 3. The molecule has 0 nitrogen and oxygen atoms in total. The van der Waals surface area contributed by atoms with E-state index < -0.39 is 0 Å². The quantitative estimate of drug-likeness (QED) is 0.326. The van der Waals surface area contributed by atoms with E-state index in [-0.39, 0.29) is 58.9 Å². The zero-order valence-electron chi connectivity index (χ0n) is 18.7. The van der Waals surface area contributed by atoms with Gasteiger partial charge in [-0.3, -0.25) is 0 Å². The standard InChI is InChI=1S/C28H31.3ClH.Ti/c1-19-9-7-11-21(17-19)27(22-12-8-10-20(2)18-22)28-25-15-5-3-13-23(25)24-14-4-6-16-26(24)28;;;;/h3,5,7-13,15-18,23-28H,4,6,14H2,1-2H3;3*1H;/q-1;;;;+4/p-3. The molecule has 2 aromatic carbocycles. The van der Waals surface area contributed by atoms with Gasteiger partial charge in [0.1, 0.15) is 0 Å². The van der Waals surface area contributed by atoms with Gasteiger partial charge in [0.2, 0.25) is 0 Å². The molecular weight excluding hydrogens is 491 g/mol. The Bertz CT molecular complexity index is 877. The zero-order chi connectivity index (χ0) is 19.1. The molecule has 3 aliphatic rings. The molecule has 0 radical (unpaired) electrons. The molecule has 4 heteroatoms. The minimum Gasteiger partial charge on any atom is -1.00 e. The molecule has 0 aliphatic heterocycles. The number of benzene rings is 2. The molecule has 2 aromatic rings. The summed E-state index contributed by atoms with van der Waals surface area (Å²) in [6.45, 7) is 4.46. The molecule has 2 fully saturated rings. The van der Waals surface area contributed by atoms with Crippen LogP contribution in [0.5, 0.6) is 0 Å². The average Bonchev–Trinajstić information content (AvgIpc) is 3.03. The van der Waals surface area contributed by atoms with E-state index in [0.717, 1.165) is 11.8 Å². The van der Waals surface area contributed by atoms with Gasteiger partial charge in [-0.1, -0.05) is 103 Å². The summed E-state index contributed by atoms with van der Waals surface area (Å²) in [5, 5.41) is 0. The van der Waals surface area contributed by atoms with Crippen molar-refractivity contribution < 1.29 is 58.9 Å². The third-order valence-corrected chi connectivity index (χ3v) is 7.47. The van der Waals surface area contributed by atoms with Gasteiger partial charge in [-0.15, -0.1) is 0 Å². The van der Waals surface area contributed by atoms with Crippen LogP contribution in [0.2, 0.25) is 0 Å². The van der Waals surface area contributed by atoms with Crippen molar-refractivity contribution in [3.8, 4) is 0 Å². The van der Waals surface area contributed by atoms with E-state index in [4.69, 9.17) is 0 Å². The number of hydrogen-bond donors (Lipinski definition) is 0. The SMILES string of the molecule is Cc1cccc(C(c2cccc(C)c2)C2C3C=CC=CC3C3CCC[CH-]C32)c1.[Cl-].[Cl-].[Cl-].[Ti+4]. The average molecular weight is 522 g/mol. The van der Waals surface area contributed by atoms with Gasteiger partial charge in [-0.05, 0) is 42.7 Å². The Hall–Kier alpha value is -0.496. The molecule has 0 bridgehead atoms. The predicted octanol–water partition coefficient (Wildman–Crippen LogP) is -1.95. The zero-order valence-corrected chi connectivity index (χ0v) is 22.6. The van der Waals surface area contributed by atoms with E-state index in [9.17, 15) is 0 Å². The largest absolute Gasteiger partial charge is 4.00 e. The molecule has 168 valence electrons. The third-order valence-electron chi connectivity index (χ3n) is 7.47. The van der Waals surface area contributed by atoms with Crippen LogP contribution < -0.4 is 37.2 Å². The van der Waals surface area contributed by atoms with Gasteiger partial charge in [0, 0.05) is 5.92 Å². The number of allylic oxidation sites excluding steroid dienone is 4. The molecule has 5 atom stereocenters. The van der Waals surface area contributed by atoms with Crippen LogP contribution in [0.25, 0.3) is 0 Å². The van der Waals surface area contributed by atoms with Crippen molar-refractivity contribution in [3.05, 3.63) is 102 Å². The molecule has 2 saturated carbocycles. The smallest absolute Gasteiger partial charge is 1.00 e. The Morgan fingerprint density at radius 2 is 1.38 bits per heavy atom. The van der Waals surface area contributed by atoms with Crippen LogP contribution in [0.15, 0.2) is 72.8 Å². The van der Waals surface area contributed by atoms with Gasteiger partial charge in [0.05, 0.1) is 0 Å². The van der Waals surface area contributed by atoms with E-state index in [1.807, 2.05) is 0 Å². The fourth-order valence-corrected chi connectivity index (χ4v) is 6.44. The van der Waals surface area contributed by atoms with Crippen LogP contribution >= 0.6 is 0 Å². The molecule has 0 N–H and O–H groups in total. The molecule has 5 rings (SSSR count). The van der Waals surface area contributed by atoms with Gasteiger partial charge < -0.3 is 43.6 Å². The van der Waals surface area contributed by atoms with Crippen molar-refractivity contribution >= 4 is 0 Å². The summed E-state index contributed by atoms with van der Waals surface area (Å²) in [6, 6.07) is 18.6. The van der Waals surface area contributed by atoms with Gasteiger partial charge in [0.25, 0.3) is 0 Å². The fraction of sp³-hybridized carbons (Fsp3) is 0.393. The maximum absolute atomic E-state index is 2.69. The number of hydrogen-bond acceptors (Lipinski definition) is 0. The monoisotopic (exact) mass is 520 g/mol. The minimum atomic E-state index is 0. The molecule has 0 aromatic heterocycles. The molecule has 0 amide bonds. The maximum atomic E-state index is 2.69. The van der Waals surface area contributed by atoms with Crippen molar-refractivity contribution in [3.63, 3.8) is 0 Å². The van der Waals surface area contributed by atoms with Crippen molar-refractivity contribution in [2.24, 2.45) is 29.6 Å². The van der Waals surface area contributed by atoms with Crippen molar-refractivity contribution in [2.45, 2.75) is 39.0 Å². The maximum Gasteiger partial charge on any atom is 4.00 e. The fourth-order valence-electron chi connectivity index (χ4n) is 6.44. The number of aryl methyl sites for hydroxylation is 2. The first-order valence-electron chi connectivity index (χ1n) is 11.0. The van der Waals surface area contributed by atoms with Crippen molar-refractivity contribution in [2.75, 3.05) is 0 Å². The molecular formula is C28H31Cl3Ti. The van der Waals surface area contributed by atoms with E-state index in [1.54, 1.807) is 0 Å². The second-order valence-electron chi connectivity index (χ2n) is 9.22. The number of fused-ring (bicyclic) bond motifs is 3. The molecule has 0 heterocycles. The van der Waals surface area contributed by atoms with Crippen LogP contribution in [0.4, 0.5) is 0 Å². The summed E-state index contributed by atoms with van der Waals surface area (Å²) in [5.74, 6) is 4.03. The van der Waals surface area contributed by atoms with Gasteiger partial charge in [-0.2, -0.15) is 12.3 Å². The summed E-state index contributed by atoms with van der Waals surface area (Å²) in [7, 11) is 0. The summed E-state index contributed by atoms with van der Waals surface area (Å²) < 4.78 is 0. The summed E-state index contributed by atoms with van der Waals surface area (Å²) in [5.41, 5.74) is 5.73. The van der Waals surface area contributed by atoms with E-state index in [0.29, 0.717) is 23.7 Å². The van der Waals surface area contributed by atoms with Crippen LogP contribution in [0.3, 0.4) is 0 Å². The van der Waals surface area contributed by atoms with E-state index in [1.165, 1.54) is 41.5 Å². The minimum absolute atomic E-state index is 0. The van der Waals surface area contributed by atoms with Crippen molar-refractivity contribution in [1.29, 1.82) is 0 Å². The first-order valence-corrected chi connectivity index (χ1v) is 11.0. The Labute approximate surface area is 227 Å². The summed E-state index contributed by atoms with van der Waals surface area (Å²) in [4.78, 5) is 0. The van der Waals surface area contributed by atoms with Gasteiger partial charge in [-0.25, -0.2) is 0 Å². The Balaban J connectivity index is 0.00000128. The second-order valence-corrected chi connectivity index (χ2v) is 9.22. The third kappa shape index (κ3) is 5.59. The summed E-state index contributed by atoms with van der Waals surface area (Å²) in [6.07, 6.45) is 16.4. The van der Waals surface area contributed by atoms with Crippen LogP contribution in [-0.2, 0) is 21.7 Å². The first-order chi connectivity index (χ1) is 13.7. The number of rotatable bonds is 3. The van der Waals surface area contributed by atoms with Gasteiger partial charge in [0.15, 0.2) is 0 Å². The second kappa shape index (κ2) is 12.8. The Morgan fingerprint density at radius 3 is 1.94 bits per heavy atom. The van der Waals surface area contributed by atoms with Gasteiger partial charge >= 0.3 is 21.7 Å². The van der Waals surface area contributed by atoms with Crippen LogP contribution in [0.1, 0.15) is 47.4 Å². The Morgan fingerprint density at radius 1 is 0.812 bits per heavy atom. The van der Waals surface area contributed by atoms with Crippen LogP contribution in [0, 0.1) is 49.9 Å². The predicted molar refractivity (Wildman–Crippen MR) is 118 cm³/mol.